The van der Waals surface area contributed by atoms with Gasteiger partial charge in [-0.05, 0) is 61.9 Å². The van der Waals surface area contributed by atoms with E-state index in [1.807, 2.05) is 96.6 Å². The average Bonchev–Trinajstić information content (AvgIpc) is 3.50. The van der Waals surface area contributed by atoms with Gasteiger partial charge in [-0.3, -0.25) is 4.57 Å². The summed E-state index contributed by atoms with van der Waals surface area (Å²) in [6.07, 6.45) is 5.00. The molecule has 0 aliphatic rings. The normalized spacial score (nSPS) is 10.9. The van der Waals surface area contributed by atoms with Crippen molar-refractivity contribution in [1.82, 2.24) is 14.5 Å². The second-order valence-electron chi connectivity index (χ2n) is 7.96. The lowest BCUT2D eigenvalue weighted by Gasteiger charge is -2.08. The monoisotopic (exact) mass is 485 g/mol. The van der Waals surface area contributed by atoms with Gasteiger partial charge in [0.2, 0.25) is 0 Å². The first-order valence-electron chi connectivity index (χ1n) is 11.4. The van der Waals surface area contributed by atoms with E-state index < -0.39 is 0 Å². The lowest BCUT2D eigenvalue weighted by Crippen LogP contribution is -1.99. The van der Waals surface area contributed by atoms with Crippen LogP contribution in [0.15, 0.2) is 95.7 Å². The highest BCUT2D eigenvalue weighted by Gasteiger charge is 2.17. The van der Waals surface area contributed by atoms with Crippen LogP contribution in [0.25, 0.3) is 17.3 Å². The molecule has 35 heavy (non-hydrogen) atoms. The van der Waals surface area contributed by atoms with Gasteiger partial charge in [0.15, 0.2) is 0 Å². The summed E-state index contributed by atoms with van der Waals surface area (Å²) in [5.41, 5.74) is 1.75. The predicted molar refractivity (Wildman–Crippen MR) is 136 cm³/mol. The van der Waals surface area contributed by atoms with Crippen LogP contribution in [0.3, 0.4) is 0 Å². The van der Waals surface area contributed by atoms with Gasteiger partial charge in [-0.15, -0.1) is 0 Å². The van der Waals surface area contributed by atoms with Crippen LogP contribution in [-0.2, 0) is 6.42 Å². The maximum Gasteiger partial charge on any atom is 0.307 e. The molecule has 176 valence electrons. The van der Waals surface area contributed by atoms with Crippen LogP contribution in [0.5, 0.6) is 17.2 Å². The quantitative estimate of drug-likeness (QED) is 0.205. The molecule has 6 nitrogen and oxygen atoms in total. The van der Waals surface area contributed by atoms with Crippen LogP contribution in [0, 0.1) is 6.92 Å². The van der Waals surface area contributed by atoms with Crippen LogP contribution in [0.2, 0.25) is 5.02 Å². The zero-order valence-electron chi connectivity index (χ0n) is 19.2. The third kappa shape index (κ3) is 5.55. The number of rotatable bonds is 9. The maximum absolute atomic E-state index is 6.16. The number of benzene rings is 3. The lowest BCUT2D eigenvalue weighted by molar-refractivity contribution is 0.305. The van der Waals surface area contributed by atoms with E-state index in [2.05, 4.69) is 4.98 Å². The van der Waals surface area contributed by atoms with Crippen molar-refractivity contribution in [2.75, 3.05) is 6.61 Å². The largest absolute Gasteiger partial charge is 0.494 e. The smallest absolute Gasteiger partial charge is 0.307 e. The van der Waals surface area contributed by atoms with Crippen molar-refractivity contribution in [2.24, 2.45) is 0 Å². The highest BCUT2D eigenvalue weighted by molar-refractivity contribution is 6.30. The Balaban J connectivity index is 1.23. The van der Waals surface area contributed by atoms with Gasteiger partial charge in [0.1, 0.15) is 34.5 Å². The molecular formula is C28H24ClN3O3. The number of oxazole rings is 1. The first kappa shape index (κ1) is 22.7. The summed E-state index contributed by atoms with van der Waals surface area (Å²) < 4.78 is 19.8. The standard InChI is InChI=1S/C28H24ClN3O3/c1-20-30-17-18-32(20)28-31-27(21-9-11-22(29)12-10-21)26(35-28)8-5-19-33-23-13-15-25(16-14-23)34-24-6-3-2-4-7-24/h2-4,6-7,9-18H,5,8,19H2,1H3. The van der Waals surface area contributed by atoms with Gasteiger partial charge in [-0.2, -0.15) is 4.98 Å². The molecule has 0 saturated carbocycles. The Labute approximate surface area is 208 Å². The van der Waals surface area contributed by atoms with Gasteiger partial charge in [0.05, 0.1) is 6.61 Å². The zero-order valence-corrected chi connectivity index (χ0v) is 20.0. The van der Waals surface area contributed by atoms with Crippen molar-refractivity contribution >= 4 is 11.6 Å². The molecule has 0 radical (unpaired) electrons. The first-order valence-corrected chi connectivity index (χ1v) is 11.8. The highest BCUT2D eigenvalue weighted by Crippen LogP contribution is 2.29. The van der Waals surface area contributed by atoms with Crippen molar-refractivity contribution in [1.29, 1.82) is 0 Å². The minimum Gasteiger partial charge on any atom is -0.494 e. The molecule has 0 aliphatic heterocycles. The molecule has 7 heteroatoms. The first-order chi connectivity index (χ1) is 17.2. The number of para-hydroxylation sites is 1. The predicted octanol–water partition coefficient (Wildman–Crippen LogP) is 7.29. The number of halogens is 1. The third-order valence-corrected chi connectivity index (χ3v) is 5.71. The fourth-order valence-corrected chi connectivity index (χ4v) is 3.80. The Kier molecular flexibility index (Phi) is 6.82. The Bertz CT molecular complexity index is 1380. The van der Waals surface area contributed by atoms with E-state index >= 15 is 0 Å². The zero-order chi connectivity index (χ0) is 24.0. The number of imidazole rings is 1. The van der Waals surface area contributed by atoms with E-state index in [1.54, 1.807) is 6.20 Å². The number of hydrogen-bond donors (Lipinski definition) is 0. The molecule has 0 fully saturated rings. The van der Waals surface area contributed by atoms with Crippen molar-refractivity contribution in [3.63, 3.8) is 0 Å². The summed E-state index contributed by atoms with van der Waals surface area (Å²) in [4.78, 5) is 9.02. The fourth-order valence-electron chi connectivity index (χ4n) is 3.68. The van der Waals surface area contributed by atoms with Gasteiger partial charge < -0.3 is 13.9 Å². The van der Waals surface area contributed by atoms with Gasteiger partial charge >= 0.3 is 6.01 Å². The minimum absolute atomic E-state index is 0.495. The molecule has 0 bridgehead atoms. The van der Waals surface area contributed by atoms with Crippen molar-refractivity contribution in [3.05, 3.63) is 108 Å². The summed E-state index contributed by atoms with van der Waals surface area (Å²) in [7, 11) is 0. The van der Waals surface area contributed by atoms with Crippen LogP contribution in [0.4, 0.5) is 0 Å². The van der Waals surface area contributed by atoms with Crippen LogP contribution in [-0.4, -0.2) is 21.1 Å². The SMILES string of the molecule is Cc1nccn1-c1nc(-c2ccc(Cl)cc2)c(CCCOc2ccc(Oc3ccccc3)cc2)o1. The Morgan fingerprint density at radius 1 is 0.886 bits per heavy atom. The molecule has 3 aromatic carbocycles. The lowest BCUT2D eigenvalue weighted by atomic mass is 10.1. The van der Waals surface area contributed by atoms with E-state index in [4.69, 9.17) is 30.5 Å². The van der Waals surface area contributed by atoms with Gasteiger partial charge in [-0.1, -0.05) is 41.9 Å². The van der Waals surface area contributed by atoms with Gasteiger partial charge in [0.25, 0.3) is 0 Å². The highest BCUT2D eigenvalue weighted by atomic mass is 35.5. The van der Waals surface area contributed by atoms with Crippen molar-refractivity contribution in [3.8, 4) is 34.5 Å². The van der Waals surface area contributed by atoms with Gasteiger partial charge in [0, 0.05) is 29.4 Å². The maximum atomic E-state index is 6.16. The molecule has 2 heterocycles. The molecule has 5 rings (SSSR count). The molecule has 5 aromatic rings. The van der Waals surface area contributed by atoms with Crippen LogP contribution < -0.4 is 9.47 Å². The third-order valence-electron chi connectivity index (χ3n) is 5.46. The number of ether oxygens (including phenoxy) is 2. The molecule has 2 aromatic heterocycles. The number of hydrogen-bond acceptors (Lipinski definition) is 5. The van der Waals surface area contributed by atoms with E-state index in [-0.39, 0.29) is 0 Å². The molecule has 0 spiro atoms. The van der Waals surface area contributed by atoms with E-state index in [0.29, 0.717) is 24.1 Å². The summed E-state index contributed by atoms with van der Waals surface area (Å²) in [5, 5.41) is 0.679. The molecule has 0 amide bonds. The summed E-state index contributed by atoms with van der Waals surface area (Å²) in [6.45, 7) is 2.45. The van der Waals surface area contributed by atoms with E-state index in [1.165, 1.54) is 0 Å². The number of nitrogens with zero attached hydrogens (tertiary/aromatic N) is 3. The van der Waals surface area contributed by atoms with E-state index in [9.17, 15) is 0 Å². The Morgan fingerprint density at radius 2 is 1.60 bits per heavy atom. The Hall–Kier alpha value is -4.03. The van der Waals surface area contributed by atoms with Crippen LogP contribution >= 0.6 is 11.6 Å². The number of aromatic nitrogens is 3. The topological polar surface area (TPSA) is 62.3 Å². The Morgan fingerprint density at radius 3 is 2.31 bits per heavy atom. The average molecular weight is 486 g/mol. The van der Waals surface area contributed by atoms with Gasteiger partial charge in [-0.25, -0.2) is 4.98 Å². The second-order valence-corrected chi connectivity index (χ2v) is 8.39. The molecule has 0 unspecified atom stereocenters. The molecule has 0 N–H and O–H groups in total. The molecule has 0 saturated heterocycles. The molecule has 0 aliphatic carbocycles. The minimum atomic E-state index is 0.495. The molecular weight excluding hydrogens is 462 g/mol. The van der Waals surface area contributed by atoms with Crippen molar-refractivity contribution in [2.45, 2.75) is 19.8 Å². The summed E-state index contributed by atoms with van der Waals surface area (Å²) in [6, 6.07) is 25.4. The fraction of sp³-hybridized carbons (Fsp3) is 0.143. The van der Waals surface area contributed by atoms with Crippen LogP contribution in [0.1, 0.15) is 18.0 Å². The van der Waals surface area contributed by atoms with E-state index in [0.717, 1.165) is 46.5 Å². The summed E-state index contributed by atoms with van der Waals surface area (Å²) in [5.74, 6) is 3.96. The van der Waals surface area contributed by atoms with Crippen molar-refractivity contribution < 1.29 is 13.9 Å². The summed E-state index contributed by atoms with van der Waals surface area (Å²) >= 11 is 6.08. The number of aryl methyl sites for hydroxylation is 2. The second kappa shape index (κ2) is 10.5. The molecule has 0 atom stereocenters.